The van der Waals surface area contributed by atoms with E-state index in [4.69, 9.17) is 11.5 Å². The molecule has 0 aromatic heterocycles. The van der Waals surface area contributed by atoms with Gasteiger partial charge < -0.3 is 16.8 Å². The van der Waals surface area contributed by atoms with Crippen molar-refractivity contribution in [2.75, 3.05) is 6.54 Å². The molecule has 0 radical (unpaired) electrons. The maximum atomic E-state index is 5.93. The first-order valence-corrected chi connectivity index (χ1v) is 3.52. The van der Waals surface area contributed by atoms with Crippen LogP contribution >= 0.6 is 0 Å². The second kappa shape index (κ2) is 1.71. The van der Waals surface area contributed by atoms with Gasteiger partial charge in [0, 0.05) is 6.04 Å². The minimum Gasteiger partial charge on any atom is -0.370 e. The van der Waals surface area contributed by atoms with Gasteiger partial charge in [-0.15, -0.1) is 0 Å². The maximum Gasteiger partial charge on any atom is 0.0828 e. The van der Waals surface area contributed by atoms with Crippen molar-refractivity contribution < 1.29 is 0 Å². The van der Waals surface area contributed by atoms with Gasteiger partial charge in [0.1, 0.15) is 0 Å². The number of hydrogen-bond acceptors (Lipinski definition) is 4. The highest BCUT2D eigenvalue weighted by atomic mass is 15.1. The van der Waals surface area contributed by atoms with Crippen LogP contribution in [-0.2, 0) is 0 Å². The molecule has 56 valence electrons. The van der Waals surface area contributed by atoms with Gasteiger partial charge in [-0.2, -0.15) is 0 Å². The summed E-state index contributed by atoms with van der Waals surface area (Å²) in [5, 5.41) is 3.09. The molecule has 4 heteroatoms. The molecule has 3 atom stereocenters. The van der Waals surface area contributed by atoms with E-state index in [0.717, 1.165) is 13.0 Å². The Bertz CT molecular complexity index is 171. The first kappa shape index (κ1) is 6.12. The lowest BCUT2D eigenvalue weighted by Crippen LogP contribution is -2.49. The summed E-state index contributed by atoms with van der Waals surface area (Å²) in [4.78, 5) is 4.03. The van der Waals surface area contributed by atoms with Crippen molar-refractivity contribution in [3.63, 3.8) is 0 Å². The van der Waals surface area contributed by atoms with Crippen LogP contribution in [0.15, 0.2) is 4.99 Å². The van der Waals surface area contributed by atoms with Crippen LogP contribution in [0.2, 0.25) is 0 Å². The third-order valence-corrected chi connectivity index (χ3v) is 2.41. The molecule has 1 heterocycles. The molecule has 2 rings (SSSR count). The van der Waals surface area contributed by atoms with Gasteiger partial charge in [0.05, 0.1) is 24.5 Å². The van der Waals surface area contributed by atoms with E-state index in [1.165, 1.54) is 0 Å². The van der Waals surface area contributed by atoms with Crippen molar-refractivity contribution >= 4 is 6.34 Å². The van der Waals surface area contributed by atoms with Gasteiger partial charge in [0.25, 0.3) is 0 Å². The second-order valence-electron chi connectivity index (χ2n) is 3.14. The predicted molar refractivity (Wildman–Crippen MR) is 39.8 cm³/mol. The third kappa shape index (κ3) is 0.660. The minimum atomic E-state index is -0.170. The number of hydrogen-bond donors (Lipinski definition) is 3. The zero-order valence-electron chi connectivity index (χ0n) is 5.75. The molecule has 10 heavy (non-hydrogen) atoms. The van der Waals surface area contributed by atoms with Crippen LogP contribution in [-0.4, -0.2) is 30.5 Å². The number of aliphatic imine (C=N–C) groups is 1. The number of nitrogens with two attached hydrogens (primary N) is 2. The topological polar surface area (TPSA) is 76.4 Å². The summed E-state index contributed by atoms with van der Waals surface area (Å²) < 4.78 is 0. The third-order valence-electron chi connectivity index (χ3n) is 2.41. The average molecular weight is 140 g/mol. The van der Waals surface area contributed by atoms with E-state index >= 15 is 0 Å². The van der Waals surface area contributed by atoms with Crippen molar-refractivity contribution in [3.05, 3.63) is 0 Å². The first-order valence-electron chi connectivity index (χ1n) is 3.52. The summed E-state index contributed by atoms with van der Waals surface area (Å²) in [6.45, 7) is 0.782. The standard InChI is InChI=1S/C6H12N4/c7-4-1-6(4,8)5-2-9-3-10-5/h3-5H,1-2,7-8H2,(H,9,10)/t4-,5?,6+/m1/s1. The van der Waals surface area contributed by atoms with Gasteiger partial charge in [0.15, 0.2) is 0 Å². The molecule has 1 aliphatic carbocycles. The normalized spacial score (nSPS) is 51.0. The Hall–Kier alpha value is -0.610. The van der Waals surface area contributed by atoms with E-state index in [1.54, 1.807) is 6.34 Å². The molecule has 0 saturated heterocycles. The fraction of sp³-hybridized carbons (Fsp3) is 0.833. The largest absolute Gasteiger partial charge is 0.370 e. The molecule has 1 aliphatic heterocycles. The molecule has 1 saturated carbocycles. The summed E-state index contributed by atoms with van der Waals surface area (Å²) in [5.41, 5.74) is 11.4. The lowest BCUT2D eigenvalue weighted by atomic mass is 10.1. The van der Waals surface area contributed by atoms with Crippen LogP contribution in [0.3, 0.4) is 0 Å². The predicted octanol–water partition coefficient (Wildman–Crippen LogP) is -1.58. The van der Waals surface area contributed by atoms with Crippen molar-refractivity contribution in [2.45, 2.75) is 24.0 Å². The van der Waals surface area contributed by atoms with Gasteiger partial charge in [-0.1, -0.05) is 0 Å². The van der Waals surface area contributed by atoms with E-state index in [9.17, 15) is 0 Å². The van der Waals surface area contributed by atoms with E-state index in [0.29, 0.717) is 0 Å². The molecule has 0 amide bonds. The van der Waals surface area contributed by atoms with Crippen molar-refractivity contribution in [1.82, 2.24) is 5.32 Å². The summed E-state index contributed by atoms with van der Waals surface area (Å²) in [6.07, 6.45) is 2.64. The van der Waals surface area contributed by atoms with Crippen LogP contribution < -0.4 is 16.8 Å². The Balaban J connectivity index is 2.01. The smallest absolute Gasteiger partial charge is 0.0828 e. The Kier molecular flexibility index (Phi) is 1.04. The molecular weight excluding hydrogens is 128 g/mol. The number of nitrogens with zero attached hydrogens (tertiary/aromatic N) is 1. The maximum absolute atomic E-state index is 5.93. The van der Waals surface area contributed by atoms with E-state index in [2.05, 4.69) is 10.3 Å². The molecule has 0 spiro atoms. The highest BCUT2D eigenvalue weighted by Crippen LogP contribution is 2.35. The molecule has 4 nitrogen and oxygen atoms in total. The SMILES string of the molecule is N[C@@H]1C[C@@]1(N)C1CN=CN1. The fourth-order valence-electron chi connectivity index (χ4n) is 1.40. The van der Waals surface area contributed by atoms with Crippen LogP contribution in [0.1, 0.15) is 6.42 Å². The summed E-state index contributed by atoms with van der Waals surface area (Å²) >= 11 is 0. The first-order chi connectivity index (χ1) is 4.73. The van der Waals surface area contributed by atoms with Crippen molar-refractivity contribution in [3.8, 4) is 0 Å². The van der Waals surface area contributed by atoms with Gasteiger partial charge in [0.2, 0.25) is 0 Å². The second-order valence-corrected chi connectivity index (χ2v) is 3.14. The summed E-state index contributed by atoms with van der Waals surface area (Å²) in [6, 6.07) is 0.453. The highest BCUT2D eigenvalue weighted by Gasteiger charge is 2.54. The Labute approximate surface area is 59.7 Å². The van der Waals surface area contributed by atoms with Gasteiger partial charge in [-0.05, 0) is 6.42 Å². The van der Waals surface area contributed by atoms with Crippen molar-refractivity contribution in [1.29, 1.82) is 0 Å². The monoisotopic (exact) mass is 140 g/mol. The molecule has 2 aliphatic rings. The van der Waals surface area contributed by atoms with E-state index in [-0.39, 0.29) is 17.6 Å². The Morgan fingerprint density at radius 2 is 2.40 bits per heavy atom. The molecule has 5 N–H and O–H groups in total. The van der Waals surface area contributed by atoms with Gasteiger partial charge in [-0.3, -0.25) is 4.99 Å². The average Bonchev–Trinajstić information content (AvgIpc) is 2.35. The molecular formula is C6H12N4. The number of rotatable bonds is 1. The van der Waals surface area contributed by atoms with Crippen molar-refractivity contribution in [2.24, 2.45) is 16.5 Å². The van der Waals surface area contributed by atoms with E-state index in [1.807, 2.05) is 0 Å². The zero-order valence-corrected chi connectivity index (χ0v) is 5.75. The Morgan fingerprint density at radius 1 is 1.70 bits per heavy atom. The van der Waals surface area contributed by atoms with Crippen LogP contribution in [0.4, 0.5) is 0 Å². The van der Waals surface area contributed by atoms with Crippen LogP contribution in [0.25, 0.3) is 0 Å². The summed E-state index contributed by atoms with van der Waals surface area (Å²) in [7, 11) is 0. The van der Waals surface area contributed by atoms with Gasteiger partial charge in [-0.25, -0.2) is 0 Å². The molecule has 0 aromatic rings. The van der Waals surface area contributed by atoms with E-state index < -0.39 is 0 Å². The minimum absolute atomic E-state index is 0.170. The highest BCUT2D eigenvalue weighted by molar-refractivity contribution is 5.58. The van der Waals surface area contributed by atoms with Crippen LogP contribution in [0.5, 0.6) is 0 Å². The molecule has 0 bridgehead atoms. The quantitative estimate of drug-likeness (QED) is 0.411. The lowest BCUT2D eigenvalue weighted by Gasteiger charge is -2.17. The molecule has 1 fully saturated rings. The molecule has 0 aromatic carbocycles. The Morgan fingerprint density at radius 3 is 2.80 bits per heavy atom. The lowest BCUT2D eigenvalue weighted by molar-refractivity contribution is 0.490. The summed E-state index contributed by atoms with van der Waals surface area (Å²) in [5.74, 6) is 0. The molecule has 1 unspecified atom stereocenters. The fourth-order valence-corrected chi connectivity index (χ4v) is 1.40. The number of nitrogens with one attached hydrogen (secondary N) is 1. The zero-order chi connectivity index (χ0) is 7.19. The van der Waals surface area contributed by atoms with Crippen LogP contribution in [0, 0.1) is 0 Å². The van der Waals surface area contributed by atoms with Gasteiger partial charge >= 0.3 is 0 Å².